The minimum atomic E-state index is -0.744. The van der Waals surface area contributed by atoms with E-state index >= 15 is 0 Å². The molecular formula is C11H24N2O. The Hall–Kier alpha value is -0.570. The van der Waals surface area contributed by atoms with Gasteiger partial charge in [-0.05, 0) is 33.1 Å². The predicted molar refractivity (Wildman–Crippen MR) is 60.0 cm³/mol. The number of rotatable bonds is 5. The molecule has 1 amide bonds. The highest BCUT2D eigenvalue weighted by Gasteiger charge is 2.31. The van der Waals surface area contributed by atoms with Crippen molar-refractivity contribution in [3.8, 4) is 0 Å². The molecule has 0 radical (unpaired) electrons. The lowest BCUT2D eigenvalue weighted by molar-refractivity contribution is -0.127. The van der Waals surface area contributed by atoms with Gasteiger partial charge in [0, 0.05) is 5.54 Å². The van der Waals surface area contributed by atoms with Crippen molar-refractivity contribution in [2.75, 3.05) is 0 Å². The number of carbonyl (C=O) groups excluding carboxylic acids is 1. The summed E-state index contributed by atoms with van der Waals surface area (Å²) in [4.78, 5) is 11.8. The van der Waals surface area contributed by atoms with Crippen LogP contribution in [0.5, 0.6) is 0 Å². The maximum Gasteiger partial charge on any atom is 0.240 e. The summed E-state index contributed by atoms with van der Waals surface area (Å²) in [6.45, 7) is 9.90. The second-order valence-corrected chi connectivity index (χ2v) is 4.49. The quantitative estimate of drug-likeness (QED) is 0.711. The molecule has 0 aliphatic rings. The minimum Gasteiger partial charge on any atom is -0.349 e. The van der Waals surface area contributed by atoms with Crippen LogP contribution in [0.25, 0.3) is 0 Å². The van der Waals surface area contributed by atoms with E-state index in [-0.39, 0.29) is 11.4 Å². The van der Waals surface area contributed by atoms with E-state index in [2.05, 4.69) is 26.1 Å². The fraction of sp³-hybridized carbons (Fsp3) is 0.909. The number of carbonyl (C=O) groups is 1. The molecule has 3 nitrogen and oxygen atoms in total. The molecule has 3 N–H and O–H groups in total. The summed E-state index contributed by atoms with van der Waals surface area (Å²) in [7, 11) is 0. The van der Waals surface area contributed by atoms with Gasteiger partial charge in [0.1, 0.15) is 0 Å². The van der Waals surface area contributed by atoms with Crippen molar-refractivity contribution in [3.63, 3.8) is 0 Å². The number of nitrogens with one attached hydrogen (secondary N) is 1. The van der Waals surface area contributed by atoms with E-state index in [1.807, 2.05) is 6.92 Å². The van der Waals surface area contributed by atoms with E-state index in [4.69, 9.17) is 5.73 Å². The van der Waals surface area contributed by atoms with E-state index < -0.39 is 5.54 Å². The van der Waals surface area contributed by atoms with E-state index in [0.29, 0.717) is 6.42 Å². The zero-order valence-corrected chi connectivity index (χ0v) is 10.1. The Labute approximate surface area is 87.4 Å². The van der Waals surface area contributed by atoms with Gasteiger partial charge in [-0.1, -0.05) is 20.8 Å². The molecule has 3 heteroatoms. The molecule has 14 heavy (non-hydrogen) atoms. The molecule has 1 atom stereocenters. The predicted octanol–water partition coefficient (Wildman–Crippen LogP) is 1.81. The van der Waals surface area contributed by atoms with Crippen molar-refractivity contribution in [2.45, 2.75) is 65.0 Å². The van der Waals surface area contributed by atoms with Crippen LogP contribution < -0.4 is 11.1 Å². The molecule has 0 heterocycles. The summed E-state index contributed by atoms with van der Waals surface area (Å²) < 4.78 is 0. The number of nitrogens with two attached hydrogens (primary N) is 1. The maximum atomic E-state index is 11.8. The largest absolute Gasteiger partial charge is 0.349 e. The monoisotopic (exact) mass is 200 g/mol. The summed E-state index contributed by atoms with van der Waals surface area (Å²) in [5.41, 5.74) is 5.00. The van der Waals surface area contributed by atoms with Gasteiger partial charge in [0.15, 0.2) is 0 Å². The first kappa shape index (κ1) is 13.4. The molecule has 0 saturated heterocycles. The lowest BCUT2D eigenvalue weighted by Gasteiger charge is -2.32. The van der Waals surface area contributed by atoms with Crippen molar-refractivity contribution in [3.05, 3.63) is 0 Å². The van der Waals surface area contributed by atoms with Crippen LogP contribution in [0, 0.1) is 0 Å². The Morgan fingerprint density at radius 3 is 1.86 bits per heavy atom. The SMILES string of the molecule is CCC(C)(CC)NC(=O)C(C)(N)CC. The molecule has 0 spiro atoms. The van der Waals surface area contributed by atoms with E-state index in [1.54, 1.807) is 6.92 Å². The van der Waals surface area contributed by atoms with Gasteiger partial charge in [-0.25, -0.2) is 0 Å². The van der Waals surface area contributed by atoms with Crippen LogP contribution in [-0.2, 0) is 4.79 Å². The number of amides is 1. The molecule has 0 fully saturated rings. The van der Waals surface area contributed by atoms with Crippen LogP contribution in [0.4, 0.5) is 0 Å². The first-order valence-corrected chi connectivity index (χ1v) is 5.42. The summed E-state index contributed by atoms with van der Waals surface area (Å²) >= 11 is 0. The Morgan fingerprint density at radius 1 is 1.14 bits per heavy atom. The van der Waals surface area contributed by atoms with Crippen LogP contribution >= 0.6 is 0 Å². The van der Waals surface area contributed by atoms with Gasteiger partial charge >= 0.3 is 0 Å². The maximum absolute atomic E-state index is 11.8. The first-order valence-electron chi connectivity index (χ1n) is 5.42. The molecule has 0 rings (SSSR count). The molecule has 84 valence electrons. The highest BCUT2D eigenvalue weighted by atomic mass is 16.2. The third kappa shape index (κ3) is 3.29. The van der Waals surface area contributed by atoms with E-state index in [9.17, 15) is 4.79 Å². The molecule has 0 saturated carbocycles. The van der Waals surface area contributed by atoms with Crippen molar-refractivity contribution < 1.29 is 4.79 Å². The first-order chi connectivity index (χ1) is 6.31. The molecule has 0 aromatic carbocycles. The molecule has 0 bridgehead atoms. The Balaban J connectivity index is 4.45. The topological polar surface area (TPSA) is 55.1 Å². The van der Waals surface area contributed by atoms with E-state index in [0.717, 1.165) is 12.8 Å². The van der Waals surface area contributed by atoms with Crippen LogP contribution in [0.2, 0.25) is 0 Å². The summed E-state index contributed by atoms with van der Waals surface area (Å²) in [6.07, 6.45) is 2.51. The molecule has 0 aliphatic carbocycles. The number of hydrogen-bond donors (Lipinski definition) is 2. The van der Waals surface area contributed by atoms with Crippen molar-refractivity contribution in [1.29, 1.82) is 0 Å². The third-order valence-electron chi connectivity index (χ3n) is 3.23. The highest BCUT2D eigenvalue weighted by Crippen LogP contribution is 2.15. The lowest BCUT2D eigenvalue weighted by atomic mass is 9.92. The second-order valence-electron chi connectivity index (χ2n) is 4.49. The smallest absolute Gasteiger partial charge is 0.240 e. The minimum absolute atomic E-state index is 0.0498. The molecule has 0 aliphatic heterocycles. The van der Waals surface area contributed by atoms with Gasteiger partial charge in [-0.2, -0.15) is 0 Å². The average Bonchev–Trinajstić information content (AvgIpc) is 2.17. The fourth-order valence-electron chi connectivity index (χ4n) is 1.00. The van der Waals surface area contributed by atoms with Crippen molar-refractivity contribution in [1.82, 2.24) is 5.32 Å². The summed E-state index contributed by atoms with van der Waals surface area (Å²) in [6, 6.07) is 0. The van der Waals surface area contributed by atoms with Crippen LogP contribution in [0.1, 0.15) is 53.9 Å². The second kappa shape index (κ2) is 4.78. The van der Waals surface area contributed by atoms with Crippen molar-refractivity contribution >= 4 is 5.91 Å². The third-order valence-corrected chi connectivity index (χ3v) is 3.23. The number of hydrogen-bond acceptors (Lipinski definition) is 2. The zero-order chi connectivity index (χ0) is 11.4. The Kier molecular flexibility index (Phi) is 4.59. The Morgan fingerprint density at radius 2 is 1.57 bits per heavy atom. The van der Waals surface area contributed by atoms with E-state index in [1.165, 1.54) is 0 Å². The van der Waals surface area contributed by atoms with Gasteiger partial charge < -0.3 is 11.1 Å². The standard InChI is InChI=1S/C11H24N2O/c1-6-10(4,7-2)13-9(14)11(5,12)8-3/h6-8,12H2,1-5H3,(H,13,14). The summed E-state index contributed by atoms with van der Waals surface area (Å²) in [5, 5.41) is 3.02. The summed E-state index contributed by atoms with van der Waals surface area (Å²) in [5.74, 6) is -0.0498. The van der Waals surface area contributed by atoms with Crippen LogP contribution in [-0.4, -0.2) is 17.0 Å². The molecule has 0 aromatic heterocycles. The Bertz CT molecular complexity index is 195. The van der Waals surface area contributed by atoms with Crippen LogP contribution in [0.3, 0.4) is 0 Å². The van der Waals surface area contributed by atoms with Gasteiger partial charge in [-0.15, -0.1) is 0 Å². The van der Waals surface area contributed by atoms with Gasteiger partial charge in [-0.3, -0.25) is 4.79 Å². The average molecular weight is 200 g/mol. The normalized spacial score (nSPS) is 16.1. The molecule has 1 unspecified atom stereocenters. The lowest BCUT2D eigenvalue weighted by Crippen LogP contribution is -2.57. The highest BCUT2D eigenvalue weighted by molar-refractivity contribution is 5.86. The fourth-order valence-corrected chi connectivity index (χ4v) is 1.00. The van der Waals surface area contributed by atoms with Gasteiger partial charge in [0.2, 0.25) is 5.91 Å². The van der Waals surface area contributed by atoms with Crippen LogP contribution in [0.15, 0.2) is 0 Å². The molecule has 0 aromatic rings. The molecular weight excluding hydrogens is 176 g/mol. The van der Waals surface area contributed by atoms with Crippen molar-refractivity contribution in [2.24, 2.45) is 5.73 Å². The zero-order valence-electron chi connectivity index (χ0n) is 10.1. The van der Waals surface area contributed by atoms with Gasteiger partial charge in [0.05, 0.1) is 5.54 Å². The van der Waals surface area contributed by atoms with Gasteiger partial charge in [0.25, 0.3) is 0 Å².